The maximum Gasteiger partial charge on any atom is 0.451 e. The van der Waals surface area contributed by atoms with Crippen LogP contribution < -0.4 is 10.5 Å². The number of ketones is 1. The first-order chi connectivity index (χ1) is 25.7. The number of hydrogen-bond acceptors (Lipinski definition) is 8. The largest absolute Gasteiger partial charge is 0.478 e. The number of nitrogens with zero attached hydrogens (tertiary/aromatic N) is 4. The minimum atomic E-state index is -4.64. The van der Waals surface area contributed by atoms with Crippen molar-refractivity contribution in [3.63, 3.8) is 0 Å². The van der Waals surface area contributed by atoms with E-state index in [9.17, 15) is 45.8 Å². The van der Waals surface area contributed by atoms with Gasteiger partial charge >= 0.3 is 12.1 Å². The van der Waals surface area contributed by atoms with Crippen molar-refractivity contribution >= 4 is 35.5 Å². The van der Waals surface area contributed by atoms with E-state index in [2.05, 4.69) is 10.2 Å². The Kier molecular flexibility index (Phi) is 13.6. The molecule has 4 aromatic rings. The normalized spacial score (nSPS) is 13.6. The molecular weight excluding hydrogens is 753 g/mol. The van der Waals surface area contributed by atoms with Crippen LogP contribution in [0.15, 0.2) is 59.5 Å². The van der Waals surface area contributed by atoms with Crippen molar-refractivity contribution in [1.82, 2.24) is 19.7 Å². The van der Waals surface area contributed by atoms with Crippen molar-refractivity contribution in [1.29, 1.82) is 0 Å². The first kappa shape index (κ1) is 42.6. The number of fused-ring (bicyclic) bond motifs is 1. The lowest BCUT2D eigenvalue weighted by Crippen LogP contribution is -2.42. The fraction of sp³-hybridized carbons (Fsp3) is 0.342. The van der Waals surface area contributed by atoms with Crippen molar-refractivity contribution in [2.24, 2.45) is 5.73 Å². The molecule has 2 heterocycles. The van der Waals surface area contributed by atoms with Gasteiger partial charge in [0.15, 0.2) is 28.8 Å². The molecule has 0 fully saturated rings. The number of carbonyl (C=O) groups excluding carboxylic acids is 2. The smallest absolute Gasteiger partial charge is 0.451 e. The van der Waals surface area contributed by atoms with E-state index in [0.29, 0.717) is 23.4 Å². The SMILES string of the molecule is CSc1ccc(C(=O)/C=C/c2cc(C)c(OC(C)(C)C(=O)O)c(C)c2)cc1.N[C@@H](CC(=O)N1CCn2c(nnc2C(F)(F)F)C1)Cc1cc(F)c(F)cc1F. The highest BCUT2D eigenvalue weighted by Gasteiger charge is 2.40. The Morgan fingerprint density at radius 3 is 2.16 bits per heavy atom. The number of benzene rings is 3. The molecule has 1 aliphatic rings. The molecule has 3 N–H and O–H groups in total. The number of amides is 1. The van der Waals surface area contributed by atoms with Crippen molar-refractivity contribution in [2.45, 2.75) is 76.3 Å². The quantitative estimate of drug-likeness (QED) is 0.0532. The molecule has 0 saturated carbocycles. The first-order valence-electron chi connectivity index (χ1n) is 16.8. The Bertz CT molecular complexity index is 2060. The van der Waals surface area contributed by atoms with Gasteiger partial charge in [0.2, 0.25) is 11.7 Å². The summed E-state index contributed by atoms with van der Waals surface area (Å²) in [5.74, 6) is -5.68. The van der Waals surface area contributed by atoms with Crippen LogP contribution in [-0.2, 0) is 35.3 Å². The summed E-state index contributed by atoms with van der Waals surface area (Å²) in [7, 11) is 0. The van der Waals surface area contributed by atoms with Crippen LogP contribution in [0.25, 0.3) is 6.08 Å². The molecule has 0 saturated heterocycles. The van der Waals surface area contributed by atoms with E-state index in [1.54, 1.807) is 23.9 Å². The lowest BCUT2D eigenvalue weighted by atomic mass is 10.0. The highest BCUT2D eigenvalue weighted by molar-refractivity contribution is 7.98. The Balaban J connectivity index is 0.000000245. The molecular formula is C38H39F6N5O5S. The van der Waals surface area contributed by atoms with E-state index in [4.69, 9.17) is 10.5 Å². The number of rotatable bonds is 11. The number of halogens is 6. The van der Waals surface area contributed by atoms with Gasteiger partial charge < -0.3 is 25.0 Å². The van der Waals surface area contributed by atoms with Crippen LogP contribution in [0.5, 0.6) is 5.75 Å². The van der Waals surface area contributed by atoms with Gasteiger partial charge in [-0.15, -0.1) is 22.0 Å². The van der Waals surface area contributed by atoms with Gasteiger partial charge in [-0.2, -0.15) is 13.2 Å². The lowest BCUT2D eigenvalue weighted by Gasteiger charge is -2.29. The third-order valence-corrected chi connectivity index (χ3v) is 9.27. The van der Waals surface area contributed by atoms with Gasteiger partial charge in [-0.05, 0) is 111 Å². The third-order valence-electron chi connectivity index (χ3n) is 8.52. The summed E-state index contributed by atoms with van der Waals surface area (Å²) in [5, 5.41) is 15.8. The molecule has 0 radical (unpaired) electrons. The molecule has 0 aliphatic carbocycles. The first-order valence-corrected chi connectivity index (χ1v) is 18.0. The highest BCUT2D eigenvalue weighted by Crippen LogP contribution is 2.31. The molecule has 0 spiro atoms. The van der Waals surface area contributed by atoms with Gasteiger partial charge in [0, 0.05) is 42.1 Å². The van der Waals surface area contributed by atoms with E-state index >= 15 is 0 Å². The van der Waals surface area contributed by atoms with Gasteiger partial charge in [-0.25, -0.2) is 18.0 Å². The zero-order valence-electron chi connectivity index (χ0n) is 30.5. The predicted molar refractivity (Wildman–Crippen MR) is 193 cm³/mol. The molecule has 3 aromatic carbocycles. The molecule has 10 nitrogen and oxygen atoms in total. The second kappa shape index (κ2) is 17.5. The second-order valence-corrected chi connectivity index (χ2v) is 14.1. The molecule has 55 heavy (non-hydrogen) atoms. The lowest BCUT2D eigenvalue weighted by molar-refractivity contribution is -0.152. The van der Waals surface area contributed by atoms with Gasteiger partial charge in [0.1, 0.15) is 11.6 Å². The summed E-state index contributed by atoms with van der Waals surface area (Å²) in [6.45, 7) is 6.45. The zero-order valence-corrected chi connectivity index (χ0v) is 31.3. The van der Waals surface area contributed by atoms with Gasteiger partial charge in [0.05, 0.1) is 6.54 Å². The summed E-state index contributed by atoms with van der Waals surface area (Å²) in [6, 6.07) is 11.4. The molecule has 294 valence electrons. The van der Waals surface area contributed by atoms with Crippen LogP contribution in [0.3, 0.4) is 0 Å². The fourth-order valence-corrected chi connectivity index (χ4v) is 5.98. The zero-order chi connectivity index (χ0) is 40.8. The number of aliphatic carboxylic acids is 1. The van der Waals surface area contributed by atoms with E-state index in [-0.39, 0.29) is 49.6 Å². The maximum atomic E-state index is 13.7. The predicted octanol–water partition coefficient (Wildman–Crippen LogP) is 7.18. The highest BCUT2D eigenvalue weighted by atomic mass is 32.2. The fourth-order valence-electron chi connectivity index (χ4n) is 5.57. The minimum Gasteiger partial charge on any atom is -0.478 e. The maximum absolute atomic E-state index is 13.7. The Hall–Kier alpha value is -5.16. The van der Waals surface area contributed by atoms with Gasteiger partial charge in [-0.1, -0.05) is 6.08 Å². The number of nitrogens with two attached hydrogens (primary N) is 1. The second-order valence-electron chi connectivity index (χ2n) is 13.3. The number of carboxylic acid groups (broad SMARTS) is 1. The Labute approximate surface area is 317 Å². The number of aromatic nitrogens is 3. The summed E-state index contributed by atoms with van der Waals surface area (Å²) in [5.41, 5.74) is 7.47. The number of thioether (sulfide) groups is 1. The summed E-state index contributed by atoms with van der Waals surface area (Å²) >= 11 is 1.63. The molecule has 5 rings (SSSR count). The molecule has 1 atom stereocenters. The molecule has 1 aliphatic heterocycles. The van der Waals surface area contributed by atoms with Gasteiger partial charge in [-0.3, -0.25) is 9.59 Å². The Morgan fingerprint density at radius 2 is 1.58 bits per heavy atom. The van der Waals surface area contributed by atoms with E-state index in [1.165, 1.54) is 18.7 Å². The number of aryl methyl sites for hydroxylation is 2. The average Bonchev–Trinajstić information content (AvgIpc) is 3.56. The molecule has 17 heteroatoms. The standard InChI is InChI=1S/C22H24O4S.C16H15F6N5O/c1-14-12-16(13-15(2)20(14)26-22(3,4)21(24)25)6-11-19(23)17-7-9-18(27-5)10-8-17;17-10-6-12(19)11(18)4-8(10)3-9(23)5-14(28)26-1-2-27-13(7-26)24-25-15(27)16(20,21)22/h6-13H,1-5H3,(H,24,25);4,6,9H,1-3,5,7,23H2/b11-6+;/t;9-/m.1/s1. The molecule has 1 amide bonds. The summed E-state index contributed by atoms with van der Waals surface area (Å²) in [4.78, 5) is 38.4. The van der Waals surface area contributed by atoms with Crippen molar-refractivity contribution < 1.29 is 50.6 Å². The van der Waals surface area contributed by atoms with E-state index in [1.807, 2.05) is 56.5 Å². The van der Waals surface area contributed by atoms with Crippen molar-refractivity contribution in [3.8, 4) is 5.75 Å². The summed E-state index contributed by atoms with van der Waals surface area (Å²) in [6.07, 6.45) is 0.192. The Morgan fingerprint density at radius 1 is 0.964 bits per heavy atom. The van der Waals surface area contributed by atoms with E-state index < -0.39 is 53.0 Å². The van der Waals surface area contributed by atoms with Crippen LogP contribution >= 0.6 is 11.8 Å². The number of ether oxygens (including phenoxy) is 1. The van der Waals surface area contributed by atoms with Crippen LogP contribution in [-0.4, -0.2) is 66.9 Å². The number of allylic oxidation sites excluding steroid dienone is 1. The van der Waals surface area contributed by atoms with Crippen molar-refractivity contribution in [3.05, 3.63) is 112 Å². The number of carboxylic acids is 1. The van der Waals surface area contributed by atoms with Crippen molar-refractivity contribution in [2.75, 3.05) is 12.8 Å². The van der Waals surface area contributed by atoms with Crippen LogP contribution in [0.1, 0.15) is 64.5 Å². The number of hydrogen-bond donors (Lipinski definition) is 2. The minimum absolute atomic E-state index is 0.000783. The number of carbonyl (C=O) groups is 3. The third kappa shape index (κ3) is 11.0. The molecule has 0 bridgehead atoms. The summed E-state index contributed by atoms with van der Waals surface area (Å²) < 4.78 is 85.0. The van der Waals surface area contributed by atoms with E-state index in [0.717, 1.165) is 26.2 Å². The van der Waals surface area contributed by atoms with Crippen LogP contribution in [0, 0.1) is 31.3 Å². The number of alkyl halides is 3. The topological polar surface area (TPSA) is 141 Å². The van der Waals surface area contributed by atoms with Gasteiger partial charge in [0.25, 0.3) is 0 Å². The molecule has 1 aromatic heterocycles. The average molecular weight is 792 g/mol. The van der Waals surface area contributed by atoms with Crippen LogP contribution in [0.2, 0.25) is 0 Å². The monoisotopic (exact) mass is 791 g/mol. The molecule has 0 unspecified atom stereocenters. The van der Waals surface area contributed by atoms with Crippen LogP contribution in [0.4, 0.5) is 26.3 Å².